The number of amides is 1. The molecule has 1 amide bonds. The summed E-state index contributed by atoms with van der Waals surface area (Å²) in [7, 11) is 0. The Morgan fingerprint density at radius 3 is 2.47 bits per heavy atom. The van der Waals surface area contributed by atoms with Gasteiger partial charge in [0, 0.05) is 17.0 Å². The van der Waals surface area contributed by atoms with Crippen LogP contribution >= 0.6 is 0 Å². The van der Waals surface area contributed by atoms with Crippen LogP contribution < -0.4 is 5.32 Å². The van der Waals surface area contributed by atoms with E-state index in [1.165, 1.54) is 0 Å². The van der Waals surface area contributed by atoms with Gasteiger partial charge in [0.15, 0.2) is 5.76 Å². The van der Waals surface area contributed by atoms with Gasteiger partial charge in [0.25, 0.3) is 5.91 Å². The first-order valence-electron chi connectivity index (χ1n) is 6.59. The maximum absolute atomic E-state index is 12.3. The number of benzene rings is 1. The van der Waals surface area contributed by atoms with Gasteiger partial charge in [0.1, 0.15) is 5.58 Å². The molecule has 0 aliphatic carbocycles. The zero-order chi connectivity index (χ0) is 14.2. The number of rotatable bonds is 2. The third kappa shape index (κ3) is 2.65. The second kappa shape index (κ2) is 4.72. The Hall–Kier alpha value is -1.77. The molecule has 0 fully saturated rings. The lowest BCUT2D eigenvalue weighted by Gasteiger charge is -2.27. The predicted octanol–water partition coefficient (Wildman–Crippen LogP) is 3.91. The molecule has 1 heterocycles. The van der Waals surface area contributed by atoms with Gasteiger partial charge in [0.05, 0.1) is 0 Å². The van der Waals surface area contributed by atoms with Crippen molar-refractivity contribution in [2.75, 3.05) is 0 Å². The van der Waals surface area contributed by atoms with E-state index in [0.29, 0.717) is 5.76 Å². The number of aryl methyl sites for hydroxylation is 1. The van der Waals surface area contributed by atoms with Crippen molar-refractivity contribution in [2.24, 2.45) is 5.41 Å². The lowest BCUT2D eigenvalue weighted by molar-refractivity contribution is 0.0883. The maximum atomic E-state index is 12.3. The fraction of sp³-hybridized carbons (Fsp3) is 0.438. The summed E-state index contributed by atoms with van der Waals surface area (Å²) < 4.78 is 5.66. The normalized spacial score (nSPS) is 13.5. The van der Waals surface area contributed by atoms with Gasteiger partial charge in [0.2, 0.25) is 0 Å². The van der Waals surface area contributed by atoms with Crippen LogP contribution in [0.1, 0.15) is 43.8 Å². The fourth-order valence-corrected chi connectivity index (χ4v) is 1.87. The highest BCUT2D eigenvalue weighted by molar-refractivity contribution is 5.99. The van der Waals surface area contributed by atoms with Gasteiger partial charge in [-0.3, -0.25) is 4.79 Å². The van der Waals surface area contributed by atoms with Crippen LogP contribution in [0.15, 0.2) is 28.7 Å². The van der Waals surface area contributed by atoms with Crippen molar-refractivity contribution in [3.8, 4) is 0 Å². The van der Waals surface area contributed by atoms with Gasteiger partial charge in [-0.05, 0) is 25.3 Å². The molecule has 19 heavy (non-hydrogen) atoms. The fourth-order valence-electron chi connectivity index (χ4n) is 1.87. The smallest absolute Gasteiger partial charge is 0.287 e. The zero-order valence-corrected chi connectivity index (χ0v) is 12.2. The first-order chi connectivity index (χ1) is 8.80. The number of furan rings is 1. The van der Waals surface area contributed by atoms with E-state index in [2.05, 4.69) is 26.1 Å². The minimum absolute atomic E-state index is 0.0234. The summed E-state index contributed by atoms with van der Waals surface area (Å²) in [5.74, 6) is 0.272. The average Bonchev–Trinajstić information content (AvgIpc) is 2.66. The number of hydrogen-bond acceptors (Lipinski definition) is 2. The molecule has 1 atom stereocenters. The summed E-state index contributed by atoms with van der Waals surface area (Å²) in [5.41, 5.74) is 1.68. The number of carbonyl (C=O) groups is 1. The van der Waals surface area contributed by atoms with E-state index >= 15 is 0 Å². The zero-order valence-electron chi connectivity index (χ0n) is 12.2. The molecule has 2 aromatic rings. The molecular formula is C16H21NO2. The number of nitrogens with one attached hydrogen (secondary N) is 1. The van der Waals surface area contributed by atoms with Crippen LogP contribution in [-0.4, -0.2) is 11.9 Å². The number of fused-ring (bicyclic) bond motifs is 1. The molecule has 0 radical (unpaired) electrons. The Labute approximate surface area is 114 Å². The maximum Gasteiger partial charge on any atom is 0.287 e. The van der Waals surface area contributed by atoms with Crippen molar-refractivity contribution < 1.29 is 9.21 Å². The highest BCUT2D eigenvalue weighted by Gasteiger charge is 2.25. The molecule has 1 aromatic carbocycles. The van der Waals surface area contributed by atoms with Crippen molar-refractivity contribution in [3.63, 3.8) is 0 Å². The Balaban J connectivity index is 2.30. The SMILES string of the molecule is Cc1c(C(=O)N[C@@H](C)C(C)(C)C)oc2ccccc12. The quantitative estimate of drug-likeness (QED) is 0.888. The van der Waals surface area contributed by atoms with Crippen molar-refractivity contribution in [3.05, 3.63) is 35.6 Å². The molecule has 0 unspecified atom stereocenters. The Morgan fingerprint density at radius 1 is 1.26 bits per heavy atom. The van der Waals surface area contributed by atoms with Crippen LogP contribution in [0.3, 0.4) is 0 Å². The minimum atomic E-state index is -0.142. The molecule has 2 rings (SSSR count). The molecular weight excluding hydrogens is 238 g/mol. The molecule has 0 saturated carbocycles. The first kappa shape index (κ1) is 13.7. The molecule has 0 spiro atoms. The van der Waals surface area contributed by atoms with Crippen molar-refractivity contribution in [1.82, 2.24) is 5.32 Å². The Bertz CT molecular complexity index is 605. The van der Waals surface area contributed by atoms with E-state index in [-0.39, 0.29) is 17.4 Å². The molecule has 102 valence electrons. The summed E-state index contributed by atoms with van der Waals surface area (Å²) >= 11 is 0. The monoisotopic (exact) mass is 259 g/mol. The van der Waals surface area contributed by atoms with E-state index in [4.69, 9.17) is 4.42 Å². The highest BCUT2D eigenvalue weighted by atomic mass is 16.3. The minimum Gasteiger partial charge on any atom is -0.451 e. The van der Waals surface area contributed by atoms with E-state index in [9.17, 15) is 4.79 Å². The van der Waals surface area contributed by atoms with Crippen molar-refractivity contribution >= 4 is 16.9 Å². The largest absolute Gasteiger partial charge is 0.451 e. The summed E-state index contributed by atoms with van der Waals surface area (Å²) in [4.78, 5) is 12.3. The van der Waals surface area contributed by atoms with E-state index in [1.54, 1.807) is 0 Å². The van der Waals surface area contributed by atoms with Crippen LogP contribution in [0, 0.1) is 12.3 Å². The summed E-state index contributed by atoms with van der Waals surface area (Å²) in [6.07, 6.45) is 0. The summed E-state index contributed by atoms with van der Waals surface area (Å²) in [6, 6.07) is 7.78. The van der Waals surface area contributed by atoms with Gasteiger partial charge in [-0.2, -0.15) is 0 Å². The van der Waals surface area contributed by atoms with Crippen LogP contribution in [-0.2, 0) is 0 Å². The number of carbonyl (C=O) groups excluding carboxylic acids is 1. The molecule has 3 nitrogen and oxygen atoms in total. The molecule has 3 heteroatoms. The van der Waals surface area contributed by atoms with E-state index in [1.807, 2.05) is 38.1 Å². The van der Waals surface area contributed by atoms with Crippen molar-refractivity contribution in [1.29, 1.82) is 0 Å². The topological polar surface area (TPSA) is 42.2 Å². The standard InChI is InChI=1S/C16H21NO2/c1-10-12-8-6-7-9-13(12)19-14(10)15(18)17-11(2)16(3,4)5/h6-9,11H,1-5H3,(H,17,18)/t11-/m0/s1. The van der Waals surface area contributed by atoms with Crippen LogP contribution in [0.25, 0.3) is 11.0 Å². The molecule has 0 saturated heterocycles. The van der Waals surface area contributed by atoms with Crippen LogP contribution in [0.2, 0.25) is 0 Å². The Kier molecular flexibility index (Phi) is 3.40. The third-order valence-corrected chi connectivity index (χ3v) is 3.70. The van der Waals surface area contributed by atoms with Gasteiger partial charge >= 0.3 is 0 Å². The molecule has 1 N–H and O–H groups in total. The lowest BCUT2D eigenvalue weighted by atomic mass is 9.88. The summed E-state index contributed by atoms with van der Waals surface area (Å²) in [6.45, 7) is 10.2. The molecule has 0 bridgehead atoms. The van der Waals surface area contributed by atoms with E-state index < -0.39 is 0 Å². The molecule has 0 aliphatic rings. The first-order valence-corrected chi connectivity index (χ1v) is 6.59. The van der Waals surface area contributed by atoms with E-state index in [0.717, 1.165) is 16.5 Å². The lowest BCUT2D eigenvalue weighted by Crippen LogP contribution is -2.41. The molecule has 0 aliphatic heterocycles. The van der Waals surface area contributed by atoms with Crippen LogP contribution in [0.5, 0.6) is 0 Å². The number of para-hydroxylation sites is 1. The number of hydrogen-bond donors (Lipinski definition) is 1. The Morgan fingerprint density at radius 2 is 1.89 bits per heavy atom. The second-order valence-electron chi connectivity index (χ2n) is 6.11. The predicted molar refractivity (Wildman–Crippen MR) is 77.3 cm³/mol. The van der Waals surface area contributed by atoms with Gasteiger partial charge in [-0.15, -0.1) is 0 Å². The molecule has 1 aromatic heterocycles. The second-order valence-corrected chi connectivity index (χ2v) is 6.11. The summed E-state index contributed by atoms with van der Waals surface area (Å²) in [5, 5.41) is 4.00. The van der Waals surface area contributed by atoms with Crippen molar-refractivity contribution in [2.45, 2.75) is 40.7 Å². The van der Waals surface area contributed by atoms with Gasteiger partial charge < -0.3 is 9.73 Å². The van der Waals surface area contributed by atoms with Gasteiger partial charge in [-0.1, -0.05) is 39.0 Å². The van der Waals surface area contributed by atoms with Crippen LogP contribution in [0.4, 0.5) is 0 Å². The average molecular weight is 259 g/mol. The highest BCUT2D eigenvalue weighted by Crippen LogP contribution is 2.25. The third-order valence-electron chi connectivity index (χ3n) is 3.70. The van der Waals surface area contributed by atoms with Gasteiger partial charge in [-0.25, -0.2) is 0 Å².